The maximum atomic E-state index is 6.70. The predicted octanol–water partition coefficient (Wildman–Crippen LogP) is 5.64. The highest BCUT2D eigenvalue weighted by atomic mass is 14.7. The van der Waals surface area contributed by atoms with Crippen molar-refractivity contribution in [3.63, 3.8) is 0 Å². The lowest BCUT2D eigenvalue weighted by Gasteiger charge is -2.24. The van der Waals surface area contributed by atoms with Gasteiger partial charge in [0, 0.05) is 12.1 Å². The minimum Gasteiger partial charge on any atom is -0.324 e. The molecular weight excluding hydrogens is 304 g/mol. The fourth-order valence-corrected chi connectivity index (χ4v) is 4.16. The lowest BCUT2D eigenvalue weighted by Crippen LogP contribution is -2.20. The number of hydrogen-bond acceptors (Lipinski definition) is 2. The molecule has 0 radical (unpaired) electrons. The van der Waals surface area contributed by atoms with Crippen LogP contribution in [0.25, 0.3) is 11.1 Å². The molecule has 0 fully saturated rings. The Balaban J connectivity index is 2.04. The number of hydrogen-bond donors (Lipinski definition) is 2. The monoisotopic (exact) mass is 336 g/mol. The third kappa shape index (κ3) is 3.65. The van der Waals surface area contributed by atoms with E-state index in [0.717, 1.165) is 19.3 Å². The second-order valence-electron chi connectivity index (χ2n) is 7.43. The van der Waals surface area contributed by atoms with E-state index in [1.807, 2.05) is 0 Å². The molecular formula is C23H32N2. The third-order valence-corrected chi connectivity index (χ3v) is 5.57. The summed E-state index contributed by atoms with van der Waals surface area (Å²) in [6.07, 6.45) is 7.77. The Kier molecular flexibility index (Phi) is 5.93. The summed E-state index contributed by atoms with van der Waals surface area (Å²) in [5, 5.41) is 0. The average molecular weight is 337 g/mol. The molecule has 134 valence electrons. The first-order valence-corrected chi connectivity index (χ1v) is 9.92. The smallest absolute Gasteiger partial charge is 0.0301 e. The van der Waals surface area contributed by atoms with E-state index in [2.05, 4.69) is 50.2 Å². The normalized spacial score (nSPS) is 14.9. The van der Waals surface area contributed by atoms with Crippen molar-refractivity contribution >= 4 is 0 Å². The zero-order chi connectivity index (χ0) is 17.8. The largest absolute Gasteiger partial charge is 0.324 e. The summed E-state index contributed by atoms with van der Waals surface area (Å²) in [6.45, 7) is 4.45. The van der Waals surface area contributed by atoms with E-state index in [1.54, 1.807) is 0 Å². The molecule has 2 heteroatoms. The van der Waals surface area contributed by atoms with Crippen LogP contribution in [0.2, 0.25) is 0 Å². The minimum absolute atomic E-state index is 0.0897. The first-order valence-electron chi connectivity index (χ1n) is 9.92. The zero-order valence-electron chi connectivity index (χ0n) is 15.7. The Labute approximate surface area is 152 Å². The topological polar surface area (TPSA) is 52.0 Å². The van der Waals surface area contributed by atoms with Gasteiger partial charge in [0.2, 0.25) is 0 Å². The summed E-state index contributed by atoms with van der Waals surface area (Å²) in [5.74, 6) is 0. The molecule has 0 heterocycles. The van der Waals surface area contributed by atoms with Crippen molar-refractivity contribution in [2.24, 2.45) is 11.5 Å². The van der Waals surface area contributed by atoms with Gasteiger partial charge in [0.15, 0.2) is 0 Å². The number of benzene rings is 2. The molecule has 0 aliphatic heterocycles. The fraction of sp³-hybridized carbons (Fsp3) is 0.478. The first kappa shape index (κ1) is 18.2. The van der Waals surface area contributed by atoms with Crippen LogP contribution in [0, 0.1) is 0 Å². The van der Waals surface area contributed by atoms with Crippen molar-refractivity contribution < 1.29 is 0 Å². The van der Waals surface area contributed by atoms with Gasteiger partial charge in [0.25, 0.3) is 0 Å². The van der Waals surface area contributed by atoms with Crippen LogP contribution >= 0.6 is 0 Å². The van der Waals surface area contributed by atoms with Crippen LogP contribution in [0.1, 0.15) is 86.7 Å². The number of unbranched alkanes of at least 4 members (excludes halogenated alkanes) is 2. The van der Waals surface area contributed by atoms with Crippen molar-refractivity contribution in [1.82, 2.24) is 0 Å². The molecule has 1 aliphatic rings. The highest BCUT2D eigenvalue weighted by molar-refractivity contribution is 5.78. The molecule has 2 aromatic carbocycles. The average Bonchev–Trinajstić information content (AvgIpc) is 3.01. The second kappa shape index (κ2) is 8.16. The minimum atomic E-state index is 0.0897. The Hall–Kier alpha value is -1.64. The SMILES string of the molecule is CCCCC(N)c1ccc2c(c1C(N)CCCC)Cc1ccccc1-2. The van der Waals surface area contributed by atoms with Crippen LogP contribution in [0.5, 0.6) is 0 Å². The van der Waals surface area contributed by atoms with Crippen molar-refractivity contribution in [2.45, 2.75) is 70.9 Å². The van der Waals surface area contributed by atoms with Crippen molar-refractivity contribution in [3.8, 4) is 11.1 Å². The standard InChI is InChI=1S/C23H32N2/c1-3-5-11-21(24)19-14-13-18-17-10-8-7-9-16(17)15-20(18)23(19)22(25)12-6-4-2/h7-10,13-14,21-22H,3-6,11-12,15,24-25H2,1-2H3. The van der Waals surface area contributed by atoms with Gasteiger partial charge in [-0.3, -0.25) is 0 Å². The van der Waals surface area contributed by atoms with Gasteiger partial charge in [-0.2, -0.15) is 0 Å². The summed E-state index contributed by atoms with van der Waals surface area (Å²) < 4.78 is 0. The molecule has 0 amide bonds. The van der Waals surface area contributed by atoms with Gasteiger partial charge >= 0.3 is 0 Å². The van der Waals surface area contributed by atoms with Crippen LogP contribution in [0.3, 0.4) is 0 Å². The Morgan fingerprint density at radius 2 is 1.52 bits per heavy atom. The molecule has 2 atom stereocenters. The van der Waals surface area contributed by atoms with Crippen LogP contribution in [0.15, 0.2) is 36.4 Å². The molecule has 0 spiro atoms. The molecule has 0 bridgehead atoms. The van der Waals surface area contributed by atoms with Gasteiger partial charge < -0.3 is 11.5 Å². The fourth-order valence-electron chi connectivity index (χ4n) is 4.16. The van der Waals surface area contributed by atoms with Gasteiger partial charge in [-0.25, -0.2) is 0 Å². The van der Waals surface area contributed by atoms with Crippen LogP contribution in [0.4, 0.5) is 0 Å². The highest BCUT2D eigenvalue weighted by Gasteiger charge is 2.26. The summed E-state index contributed by atoms with van der Waals surface area (Å²) in [5.41, 5.74) is 21.5. The van der Waals surface area contributed by atoms with Crippen LogP contribution in [-0.2, 0) is 6.42 Å². The van der Waals surface area contributed by atoms with E-state index in [9.17, 15) is 0 Å². The van der Waals surface area contributed by atoms with Crippen LogP contribution < -0.4 is 11.5 Å². The van der Waals surface area contributed by atoms with Crippen molar-refractivity contribution in [2.75, 3.05) is 0 Å². The predicted molar refractivity (Wildman–Crippen MR) is 108 cm³/mol. The molecule has 2 unspecified atom stereocenters. The zero-order valence-corrected chi connectivity index (χ0v) is 15.7. The maximum absolute atomic E-state index is 6.70. The lowest BCUT2D eigenvalue weighted by atomic mass is 9.85. The molecule has 2 nitrogen and oxygen atoms in total. The maximum Gasteiger partial charge on any atom is 0.0301 e. The Morgan fingerprint density at radius 3 is 2.24 bits per heavy atom. The highest BCUT2D eigenvalue weighted by Crippen LogP contribution is 2.43. The second-order valence-corrected chi connectivity index (χ2v) is 7.43. The molecule has 2 aromatic rings. The van der Waals surface area contributed by atoms with Gasteiger partial charge in [-0.15, -0.1) is 0 Å². The van der Waals surface area contributed by atoms with Crippen LogP contribution in [-0.4, -0.2) is 0 Å². The number of rotatable bonds is 8. The number of fused-ring (bicyclic) bond motifs is 3. The molecule has 0 saturated heterocycles. The van der Waals surface area contributed by atoms with E-state index < -0.39 is 0 Å². The molecule has 4 N–H and O–H groups in total. The first-order chi connectivity index (χ1) is 12.2. The molecule has 0 aromatic heterocycles. The summed E-state index contributed by atoms with van der Waals surface area (Å²) >= 11 is 0. The van der Waals surface area contributed by atoms with Crippen molar-refractivity contribution in [1.29, 1.82) is 0 Å². The third-order valence-electron chi connectivity index (χ3n) is 5.57. The van der Waals surface area contributed by atoms with E-state index in [0.29, 0.717) is 0 Å². The van der Waals surface area contributed by atoms with Gasteiger partial charge in [-0.05, 0) is 52.6 Å². The van der Waals surface area contributed by atoms with Gasteiger partial charge in [0.05, 0.1) is 0 Å². The van der Waals surface area contributed by atoms with E-state index in [4.69, 9.17) is 11.5 Å². The summed E-state index contributed by atoms with van der Waals surface area (Å²) in [6, 6.07) is 13.5. The molecule has 25 heavy (non-hydrogen) atoms. The molecule has 0 saturated carbocycles. The van der Waals surface area contributed by atoms with Gasteiger partial charge in [0.1, 0.15) is 0 Å². The summed E-state index contributed by atoms with van der Waals surface area (Å²) in [7, 11) is 0. The number of nitrogens with two attached hydrogens (primary N) is 2. The molecule has 1 aliphatic carbocycles. The molecule has 3 rings (SSSR count). The quantitative estimate of drug-likeness (QED) is 0.559. The lowest BCUT2D eigenvalue weighted by molar-refractivity contribution is 0.564. The summed E-state index contributed by atoms with van der Waals surface area (Å²) in [4.78, 5) is 0. The van der Waals surface area contributed by atoms with E-state index in [1.165, 1.54) is 59.1 Å². The van der Waals surface area contributed by atoms with Crippen molar-refractivity contribution in [3.05, 3.63) is 58.7 Å². The Morgan fingerprint density at radius 1 is 0.840 bits per heavy atom. The van der Waals surface area contributed by atoms with E-state index in [-0.39, 0.29) is 12.1 Å². The Bertz CT molecular complexity index is 720. The van der Waals surface area contributed by atoms with E-state index >= 15 is 0 Å². The van der Waals surface area contributed by atoms with Gasteiger partial charge in [-0.1, -0.05) is 75.9 Å².